The number of fused-ring (bicyclic) bond motifs is 3. The van der Waals surface area contributed by atoms with Gasteiger partial charge >= 0.3 is 0 Å². The van der Waals surface area contributed by atoms with Crippen LogP contribution in [0.1, 0.15) is 55.8 Å². The molecule has 150 valence electrons. The maximum atomic E-state index is 6.17. The molecule has 1 saturated heterocycles. The van der Waals surface area contributed by atoms with Gasteiger partial charge in [0.25, 0.3) is 0 Å². The van der Waals surface area contributed by atoms with Gasteiger partial charge in [-0.05, 0) is 59.2 Å². The monoisotopic (exact) mass is 399 g/mol. The van der Waals surface area contributed by atoms with Crippen LogP contribution in [0.5, 0.6) is 11.5 Å². The van der Waals surface area contributed by atoms with E-state index in [4.69, 9.17) is 21.1 Å². The third-order valence-corrected chi connectivity index (χ3v) is 6.77. The van der Waals surface area contributed by atoms with Crippen molar-refractivity contribution in [2.45, 2.75) is 51.6 Å². The molecule has 0 aliphatic carbocycles. The predicted octanol–water partition coefficient (Wildman–Crippen LogP) is 5.86. The number of hydrogen-bond acceptors (Lipinski definition) is 3. The average molecular weight is 400 g/mol. The molecule has 3 nitrogen and oxygen atoms in total. The molecule has 0 spiro atoms. The second-order valence-corrected chi connectivity index (χ2v) is 9.55. The van der Waals surface area contributed by atoms with Crippen LogP contribution in [-0.4, -0.2) is 31.7 Å². The van der Waals surface area contributed by atoms with Gasteiger partial charge in [0, 0.05) is 29.6 Å². The van der Waals surface area contributed by atoms with Gasteiger partial charge in [-0.15, -0.1) is 0 Å². The minimum Gasteiger partial charge on any atom is -0.493 e. The van der Waals surface area contributed by atoms with E-state index in [0.717, 1.165) is 35.9 Å². The normalized spacial score (nSPS) is 24.6. The summed E-state index contributed by atoms with van der Waals surface area (Å²) < 4.78 is 11.2. The zero-order valence-corrected chi connectivity index (χ0v) is 18.2. The molecule has 1 fully saturated rings. The van der Waals surface area contributed by atoms with E-state index in [1.54, 1.807) is 14.2 Å². The number of halogens is 1. The average Bonchev–Trinajstić information content (AvgIpc) is 3.08. The summed E-state index contributed by atoms with van der Waals surface area (Å²) in [5, 5.41) is 0.793. The van der Waals surface area contributed by atoms with E-state index in [0.29, 0.717) is 18.0 Å². The molecular weight excluding hydrogens is 370 g/mol. The first kappa shape index (κ1) is 19.6. The van der Waals surface area contributed by atoms with Crippen LogP contribution in [0.15, 0.2) is 36.4 Å². The molecule has 0 bridgehead atoms. The Morgan fingerprint density at radius 2 is 1.64 bits per heavy atom. The zero-order chi connectivity index (χ0) is 20.1. The van der Waals surface area contributed by atoms with E-state index >= 15 is 0 Å². The van der Waals surface area contributed by atoms with Gasteiger partial charge < -0.3 is 9.47 Å². The molecule has 3 atom stereocenters. The number of hydrogen-bond donors (Lipinski definition) is 0. The fourth-order valence-corrected chi connectivity index (χ4v) is 5.30. The molecule has 4 rings (SSSR count). The summed E-state index contributed by atoms with van der Waals surface area (Å²) in [5.41, 5.74) is 4.37. The minimum absolute atomic E-state index is 0.230. The summed E-state index contributed by atoms with van der Waals surface area (Å²) in [7, 11) is 3.43. The Kier molecular flexibility index (Phi) is 5.09. The van der Waals surface area contributed by atoms with E-state index in [1.165, 1.54) is 16.7 Å². The topological polar surface area (TPSA) is 21.7 Å². The van der Waals surface area contributed by atoms with Crippen molar-refractivity contribution < 1.29 is 9.47 Å². The maximum absolute atomic E-state index is 6.17. The van der Waals surface area contributed by atoms with Crippen LogP contribution in [0.3, 0.4) is 0 Å². The Hall–Kier alpha value is -1.71. The molecule has 0 aromatic heterocycles. The first-order valence-corrected chi connectivity index (χ1v) is 10.5. The third kappa shape index (κ3) is 3.29. The fourth-order valence-electron chi connectivity index (χ4n) is 5.18. The van der Waals surface area contributed by atoms with Crippen molar-refractivity contribution in [2.24, 2.45) is 5.41 Å². The van der Waals surface area contributed by atoms with Crippen molar-refractivity contribution in [2.75, 3.05) is 20.8 Å². The Morgan fingerprint density at radius 3 is 2.25 bits per heavy atom. The molecule has 2 aliphatic heterocycles. The highest BCUT2D eigenvalue weighted by Gasteiger charge is 2.48. The zero-order valence-electron chi connectivity index (χ0n) is 17.5. The first-order chi connectivity index (χ1) is 13.3. The summed E-state index contributed by atoms with van der Waals surface area (Å²) in [4.78, 5) is 2.73. The first-order valence-electron chi connectivity index (χ1n) is 10.1. The number of methoxy groups -OCH3 is 2. The van der Waals surface area contributed by atoms with Crippen molar-refractivity contribution in [1.29, 1.82) is 0 Å². The molecule has 2 aromatic carbocycles. The van der Waals surface area contributed by atoms with Crippen LogP contribution in [0, 0.1) is 5.41 Å². The van der Waals surface area contributed by atoms with Gasteiger partial charge in [0.05, 0.1) is 14.2 Å². The molecule has 0 N–H and O–H groups in total. The number of ether oxygens (including phenoxy) is 2. The van der Waals surface area contributed by atoms with E-state index in [1.807, 2.05) is 12.1 Å². The van der Waals surface area contributed by atoms with Crippen molar-refractivity contribution in [3.05, 3.63) is 58.1 Å². The van der Waals surface area contributed by atoms with E-state index < -0.39 is 0 Å². The van der Waals surface area contributed by atoms with Crippen LogP contribution < -0.4 is 9.47 Å². The highest BCUT2D eigenvalue weighted by molar-refractivity contribution is 6.30. The lowest BCUT2D eigenvalue weighted by Gasteiger charge is -2.41. The highest BCUT2D eigenvalue weighted by Crippen LogP contribution is 2.54. The van der Waals surface area contributed by atoms with Crippen LogP contribution in [0.2, 0.25) is 5.02 Å². The number of benzene rings is 2. The highest BCUT2D eigenvalue weighted by atomic mass is 35.5. The van der Waals surface area contributed by atoms with Crippen LogP contribution in [0.25, 0.3) is 0 Å². The van der Waals surface area contributed by atoms with Crippen molar-refractivity contribution >= 4 is 11.6 Å². The van der Waals surface area contributed by atoms with E-state index in [-0.39, 0.29) is 5.41 Å². The van der Waals surface area contributed by atoms with Gasteiger partial charge in [-0.2, -0.15) is 0 Å². The van der Waals surface area contributed by atoms with E-state index in [9.17, 15) is 0 Å². The summed E-state index contributed by atoms with van der Waals surface area (Å²) in [6.45, 7) is 8.18. The Morgan fingerprint density at radius 1 is 1.00 bits per heavy atom. The lowest BCUT2D eigenvalue weighted by molar-refractivity contribution is 0.100. The summed E-state index contributed by atoms with van der Waals surface area (Å²) in [6, 6.07) is 13.7. The second-order valence-electron chi connectivity index (χ2n) is 9.11. The molecule has 0 radical (unpaired) electrons. The van der Waals surface area contributed by atoms with Gasteiger partial charge in [-0.1, -0.05) is 44.5 Å². The van der Waals surface area contributed by atoms with Crippen LogP contribution >= 0.6 is 11.6 Å². The Labute approximate surface area is 173 Å². The summed E-state index contributed by atoms with van der Waals surface area (Å²) in [6.07, 6.45) is 2.20. The minimum atomic E-state index is 0.230. The summed E-state index contributed by atoms with van der Waals surface area (Å²) >= 11 is 6.17. The lowest BCUT2D eigenvalue weighted by Crippen LogP contribution is -2.43. The van der Waals surface area contributed by atoms with Crippen LogP contribution in [0.4, 0.5) is 0 Å². The quantitative estimate of drug-likeness (QED) is 0.645. The molecule has 0 amide bonds. The maximum Gasteiger partial charge on any atom is 0.161 e. The molecular formula is C24H30ClNO2. The SMILES string of the molecule is COc1cc2c(cc1OC)[C@@H]1[C@H](c3ccc(Cl)cc3)C[C@H](C(C)(C)C)N1CC2. The van der Waals surface area contributed by atoms with Crippen molar-refractivity contribution in [1.82, 2.24) is 4.90 Å². The van der Waals surface area contributed by atoms with Gasteiger partial charge in [0.15, 0.2) is 11.5 Å². The Bertz CT molecular complexity index is 856. The van der Waals surface area contributed by atoms with Gasteiger partial charge in [-0.3, -0.25) is 4.90 Å². The molecule has 28 heavy (non-hydrogen) atoms. The van der Waals surface area contributed by atoms with Crippen molar-refractivity contribution in [3.8, 4) is 11.5 Å². The Balaban J connectivity index is 1.83. The largest absolute Gasteiger partial charge is 0.493 e. The predicted molar refractivity (Wildman–Crippen MR) is 115 cm³/mol. The molecule has 0 unspecified atom stereocenters. The fraction of sp³-hybridized carbons (Fsp3) is 0.500. The van der Waals surface area contributed by atoms with Gasteiger partial charge in [-0.25, -0.2) is 0 Å². The summed E-state index contributed by atoms with van der Waals surface area (Å²) in [5.74, 6) is 2.08. The third-order valence-electron chi connectivity index (χ3n) is 6.52. The standard InChI is InChI=1S/C24H30ClNO2/c1-24(2,3)22-14-19(15-6-8-17(25)9-7-15)23-18-13-21(28-5)20(27-4)12-16(18)10-11-26(22)23/h6-9,12-13,19,22-23H,10-11,14H2,1-5H3/t19-,22+,23+/m0/s1. The molecule has 0 saturated carbocycles. The molecule has 2 heterocycles. The second kappa shape index (κ2) is 7.27. The molecule has 4 heteroatoms. The van der Waals surface area contributed by atoms with Gasteiger partial charge in [0.2, 0.25) is 0 Å². The van der Waals surface area contributed by atoms with E-state index in [2.05, 4.69) is 49.9 Å². The van der Waals surface area contributed by atoms with Crippen LogP contribution in [-0.2, 0) is 6.42 Å². The van der Waals surface area contributed by atoms with Crippen molar-refractivity contribution in [3.63, 3.8) is 0 Å². The smallest absolute Gasteiger partial charge is 0.161 e. The molecule has 2 aliphatic rings. The van der Waals surface area contributed by atoms with Gasteiger partial charge in [0.1, 0.15) is 0 Å². The lowest BCUT2D eigenvalue weighted by atomic mass is 9.81. The molecule has 2 aromatic rings. The number of rotatable bonds is 3. The number of nitrogens with zero attached hydrogens (tertiary/aromatic N) is 1.